The van der Waals surface area contributed by atoms with E-state index in [1.54, 1.807) is 7.11 Å². The Labute approximate surface area is 162 Å². The Morgan fingerprint density at radius 2 is 1.89 bits per heavy atom. The van der Waals surface area contributed by atoms with Crippen LogP contribution in [0.3, 0.4) is 0 Å². The van der Waals surface area contributed by atoms with E-state index in [2.05, 4.69) is 30.0 Å². The first-order valence-corrected chi connectivity index (χ1v) is 10.6. The van der Waals surface area contributed by atoms with Gasteiger partial charge >= 0.3 is 0 Å². The second-order valence-corrected chi connectivity index (χ2v) is 8.32. The van der Waals surface area contributed by atoms with E-state index in [0.717, 1.165) is 41.1 Å². The van der Waals surface area contributed by atoms with Crippen molar-refractivity contribution >= 4 is 16.6 Å². The number of Topliss-reactive ketones (excluding diaryl/α,β-unsaturated/α-hetero) is 1. The summed E-state index contributed by atoms with van der Waals surface area (Å²) in [4.78, 5) is 16.1. The zero-order valence-electron chi connectivity index (χ0n) is 16.6. The summed E-state index contributed by atoms with van der Waals surface area (Å²) in [7, 11) is 1.68. The lowest BCUT2D eigenvalue weighted by molar-refractivity contribution is 0.0390. The van der Waals surface area contributed by atoms with Crippen LogP contribution in [0, 0.1) is 11.8 Å². The number of hydrogen-bond donors (Lipinski definition) is 0. The maximum atomic E-state index is 13.5. The first kappa shape index (κ1) is 18.5. The number of rotatable bonds is 6. The van der Waals surface area contributed by atoms with E-state index in [1.165, 1.54) is 38.6 Å². The first-order valence-electron chi connectivity index (χ1n) is 10.6. The predicted octanol–water partition coefficient (Wildman–Crippen LogP) is 5.32. The minimum absolute atomic E-state index is 0.148. The van der Waals surface area contributed by atoms with Crippen LogP contribution < -0.4 is 4.74 Å². The average Bonchev–Trinajstić information content (AvgIpc) is 2.66. The number of piperidine rings is 1. The quantitative estimate of drug-likeness (QED) is 0.649. The molecule has 144 valence electrons. The third-order valence-electron chi connectivity index (χ3n) is 6.71. The number of nitrogens with zero attached hydrogens (tertiary/aromatic N) is 1. The molecule has 3 heteroatoms. The minimum Gasteiger partial charge on any atom is -0.497 e. The van der Waals surface area contributed by atoms with Crippen molar-refractivity contribution in [2.45, 2.75) is 51.5 Å². The van der Waals surface area contributed by atoms with Crippen molar-refractivity contribution in [1.82, 2.24) is 4.90 Å². The molecule has 0 bridgehead atoms. The monoisotopic (exact) mass is 365 g/mol. The van der Waals surface area contributed by atoms with Gasteiger partial charge in [-0.1, -0.05) is 38.0 Å². The van der Waals surface area contributed by atoms with Crippen LogP contribution in [0.2, 0.25) is 0 Å². The van der Waals surface area contributed by atoms with Crippen molar-refractivity contribution in [2.75, 3.05) is 20.2 Å². The van der Waals surface area contributed by atoms with Crippen molar-refractivity contribution in [1.29, 1.82) is 0 Å². The van der Waals surface area contributed by atoms with E-state index in [0.29, 0.717) is 11.7 Å². The summed E-state index contributed by atoms with van der Waals surface area (Å²) in [6.07, 6.45) is 7.49. The van der Waals surface area contributed by atoms with Crippen LogP contribution in [0.25, 0.3) is 10.8 Å². The first-order chi connectivity index (χ1) is 13.2. The van der Waals surface area contributed by atoms with Gasteiger partial charge in [-0.25, -0.2) is 0 Å². The van der Waals surface area contributed by atoms with Crippen molar-refractivity contribution in [3.63, 3.8) is 0 Å². The van der Waals surface area contributed by atoms with E-state index in [1.807, 2.05) is 18.2 Å². The SMILES string of the molecule is CCC[C@H]1CCN(C2CCC2)C[C@H]1C(=O)c1ccc2cc(OC)ccc2c1. The Morgan fingerprint density at radius 1 is 1.11 bits per heavy atom. The van der Waals surface area contributed by atoms with Gasteiger partial charge in [0.15, 0.2) is 5.78 Å². The molecule has 1 saturated heterocycles. The lowest BCUT2D eigenvalue weighted by Gasteiger charge is -2.45. The summed E-state index contributed by atoms with van der Waals surface area (Å²) in [5.74, 6) is 1.88. The van der Waals surface area contributed by atoms with Crippen LogP contribution in [0.4, 0.5) is 0 Å². The van der Waals surface area contributed by atoms with E-state index in [-0.39, 0.29) is 5.92 Å². The molecule has 0 N–H and O–H groups in total. The fourth-order valence-corrected chi connectivity index (χ4v) is 4.84. The molecule has 0 aromatic heterocycles. The molecule has 2 aromatic rings. The van der Waals surface area contributed by atoms with Gasteiger partial charge in [0, 0.05) is 24.1 Å². The van der Waals surface area contributed by atoms with Crippen LogP contribution in [0.15, 0.2) is 36.4 Å². The molecular weight excluding hydrogens is 334 g/mol. The van der Waals surface area contributed by atoms with E-state index < -0.39 is 0 Å². The molecule has 27 heavy (non-hydrogen) atoms. The summed E-state index contributed by atoms with van der Waals surface area (Å²) in [5.41, 5.74) is 0.870. The van der Waals surface area contributed by atoms with Gasteiger partial charge in [-0.15, -0.1) is 0 Å². The molecule has 1 heterocycles. The maximum absolute atomic E-state index is 13.5. The molecule has 1 aliphatic heterocycles. The van der Waals surface area contributed by atoms with Crippen molar-refractivity contribution < 1.29 is 9.53 Å². The predicted molar refractivity (Wildman–Crippen MR) is 111 cm³/mol. The summed E-state index contributed by atoms with van der Waals surface area (Å²) in [6, 6.07) is 12.9. The number of likely N-dealkylation sites (tertiary alicyclic amines) is 1. The highest BCUT2D eigenvalue weighted by Gasteiger charge is 2.37. The molecule has 2 aromatic carbocycles. The number of benzene rings is 2. The Balaban J connectivity index is 1.58. The minimum atomic E-state index is 0.148. The number of hydrogen-bond acceptors (Lipinski definition) is 3. The molecule has 1 saturated carbocycles. The Hall–Kier alpha value is -1.87. The molecule has 2 atom stereocenters. The third-order valence-corrected chi connectivity index (χ3v) is 6.71. The van der Waals surface area contributed by atoms with Gasteiger partial charge in [0.1, 0.15) is 5.75 Å². The number of ketones is 1. The molecule has 0 radical (unpaired) electrons. The van der Waals surface area contributed by atoms with Crippen LogP contribution in [0.1, 0.15) is 55.8 Å². The number of ether oxygens (including phenoxy) is 1. The summed E-state index contributed by atoms with van der Waals surface area (Å²) in [6.45, 7) is 4.37. The standard InChI is InChI=1S/C24H31NO2/c1-3-5-17-12-13-25(21-6-4-7-21)16-23(17)24(26)20-9-8-19-15-22(27-2)11-10-18(19)14-20/h8-11,14-15,17,21,23H,3-7,12-13,16H2,1-2H3/t17-,23+/m0/s1. The molecule has 0 spiro atoms. The number of carbonyl (C=O) groups is 1. The third kappa shape index (κ3) is 3.75. The fraction of sp³-hybridized carbons (Fsp3) is 0.542. The normalized spacial score (nSPS) is 23.9. The molecule has 3 nitrogen and oxygen atoms in total. The smallest absolute Gasteiger partial charge is 0.167 e. The van der Waals surface area contributed by atoms with Gasteiger partial charge in [-0.3, -0.25) is 9.69 Å². The van der Waals surface area contributed by atoms with Crippen LogP contribution >= 0.6 is 0 Å². The molecule has 2 aliphatic rings. The highest BCUT2D eigenvalue weighted by Crippen LogP contribution is 2.35. The highest BCUT2D eigenvalue weighted by atomic mass is 16.5. The second-order valence-electron chi connectivity index (χ2n) is 8.32. The largest absolute Gasteiger partial charge is 0.497 e. The summed E-state index contributed by atoms with van der Waals surface area (Å²) in [5, 5.41) is 2.23. The zero-order valence-corrected chi connectivity index (χ0v) is 16.6. The van der Waals surface area contributed by atoms with Gasteiger partial charge in [-0.2, -0.15) is 0 Å². The van der Waals surface area contributed by atoms with Crippen LogP contribution in [-0.4, -0.2) is 36.9 Å². The topological polar surface area (TPSA) is 29.5 Å². The molecule has 2 fully saturated rings. The fourth-order valence-electron chi connectivity index (χ4n) is 4.84. The van der Waals surface area contributed by atoms with E-state index in [9.17, 15) is 4.79 Å². The van der Waals surface area contributed by atoms with Crippen molar-refractivity contribution in [2.24, 2.45) is 11.8 Å². The van der Waals surface area contributed by atoms with Gasteiger partial charge in [0.05, 0.1) is 7.11 Å². The van der Waals surface area contributed by atoms with Crippen molar-refractivity contribution in [3.05, 3.63) is 42.0 Å². The van der Waals surface area contributed by atoms with Crippen molar-refractivity contribution in [3.8, 4) is 5.75 Å². The Kier molecular flexibility index (Phi) is 5.49. The summed E-state index contributed by atoms with van der Waals surface area (Å²) < 4.78 is 5.31. The highest BCUT2D eigenvalue weighted by molar-refractivity contribution is 6.01. The van der Waals surface area contributed by atoms with Gasteiger partial charge in [0.25, 0.3) is 0 Å². The number of methoxy groups -OCH3 is 1. The molecule has 4 rings (SSSR count). The molecular formula is C24H31NO2. The molecule has 0 amide bonds. The number of fused-ring (bicyclic) bond motifs is 1. The van der Waals surface area contributed by atoms with Gasteiger partial charge in [0.2, 0.25) is 0 Å². The van der Waals surface area contributed by atoms with Gasteiger partial charge in [-0.05, 0) is 67.1 Å². The lowest BCUT2D eigenvalue weighted by Crippen LogP contribution is -2.50. The van der Waals surface area contributed by atoms with Crippen LogP contribution in [-0.2, 0) is 0 Å². The zero-order chi connectivity index (χ0) is 18.8. The van der Waals surface area contributed by atoms with Gasteiger partial charge < -0.3 is 4.74 Å². The Morgan fingerprint density at radius 3 is 2.59 bits per heavy atom. The lowest BCUT2D eigenvalue weighted by atomic mass is 9.76. The van der Waals surface area contributed by atoms with E-state index >= 15 is 0 Å². The number of carbonyl (C=O) groups excluding carboxylic acids is 1. The summed E-state index contributed by atoms with van der Waals surface area (Å²) >= 11 is 0. The second kappa shape index (κ2) is 8.02. The average molecular weight is 366 g/mol. The van der Waals surface area contributed by atoms with E-state index in [4.69, 9.17) is 4.74 Å². The Bertz CT molecular complexity index is 811. The maximum Gasteiger partial charge on any atom is 0.167 e. The molecule has 0 unspecified atom stereocenters. The molecule has 1 aliphatic carbocycles. The van der Waals surface area contributed by atoms with Crippen LogP contribution in [0.5, 0.6) is 5.75 Å².